The molecule has 20 heavy (non-hydrogen) atoms. The average Bonchev–Trinajstić information content (AvgIpc) is 2.86. The predicted octanol–water partition coefficient (Wildman–Crippen LogP) is 1.33. The van der Waals surface area contributed by atoms with E-state index in [1.807, 2.05) is 0 Å². The molecule has 0 atom stereocenters. The first-order chi connectivity index (χ1) is 9.61. The van der Waals surface area contributed by atoms with Crippen LogP contribution < -0.4 is 5.32 Å². The van der Waals surface area contributed by atoms with Crippen LogP contribution in [0, 0.1) is 6.92 Å². The summed E-state index contributed by atoms with van der Waals surface area (Å²) in [6.45, 7) is 5.04. The quantitative estimate of drug-likeness (QED) is 0.903. The second-order valence-electron chi connectivity index (χ2n) is 4.73. The molecule has 0 radical (unpaired) electrons. The molecular weight excluding hydrogens is 262 g/mol. The second kappa shape index (κ2) is 6.40. The normalized spacial score (nSPS) is 16.0. The number of aromatic nitrogens is 1. The van der Waals surface area contributed by atoms with Crippen molar-refractivity contribution in [3.63, 3.8) is 0 Å². The summed E-state index contributed by atoms with van der Waals surface area (Å²) < 4.78 is 9.82. The van der Waals surface area contributed by atoms with Crippen LogP contribution in [0.3, 0.4) is 0 Å². The Labute approximate surface area is 117 Å². The van der Waals surface area contributed by atoms with Gasteiger partial charge in [-0.05, 0) is 26.7 Å². The summed E-state index contributed by atoms with van der Waals surface area (Å²) in [5.74, 6) is 0.324. The van der Waals surface area contributed by atoms with E-state index in [2.05, 4.69) is 10.5 Å². The fourth-order valence-corrected chi connectivity index (χ4v) is 2.20. The molecule has 1 N–H and O–H groups in total. The summed E-state index contributed by atoms with van der Waals surface area (Å²) in [6, 6.07) is 0.0578. The highest BCUT2D eigenvalue weighted by atomic mass is 16.6. The molecule has 0 unspecified atom stereocenters. The average molecular weight is 281 g/mol. The lowest BCUT2D eigenvalue weighted by Crippen LogP contribution is -2.46. The van der Waals surface area contributed by atoms with Gasteiger partial charge in [0.05, 0.1) is 12.8 Å². The van der Waals surface area contributed by atoms with Gasteiger partial charge in [0.15, 0.2) is 0 Å². The fourth-order valence-electron chi connectivity index (χ4n) is 2.20. The monoisotopic (exact) mass is 281 g/mol. The summed E-state index contributed by atoms with van der Waals surface area (Å²) in [5.41, 5.74) is 0.456. The van der Waals surface area contributed by atoms with Crippen molar-refractivity contribution in [1.29, 1.82) is 0 Å². The Balaban J connectivity index is 1.81. The SMILES string of the molecule is CCOC(=O)N1CCC(NC(=O)c2cnoc2C)CC1. The Morgan fingerprint density at radius 3 is 2.75 bits per heavy atom. The predicted molar refractivity (Wildman–Crippen MR) is 70.3 cm³/mol. The van der Waals surface area contributed by atoms with E-state index in [1.165, 1.54) is 6.20 Å². The molecule has 1 saturated heterocycles. The second-order valence-corrected chi connectivity index (χ2v) is 4.73. The van der Waals surface area contributed by atoms with Gasteiger partial charge in [-0.1, -0.05) is 5.16 Å². The van der Waals surface area contributed by atoms with Crippen molar-refractivity contribution >= 4 is 12.0 Å². The Hall–Kier alpha value is -2.05. The molecule has 0 bridgehead atoms. The van der Waals surface area contributed by atoms with Crippen molar-refractivity contribution in [2.75, 3.05) is 19.7 Å². The van der Waals surface area contributed by atoms with Crippen LogP contribution in [0.15, 0.2) is 10.7 Å². The highest BCUT2D eigenvalue weighted by Gasteiger charge is 2.25. The summed E-state index contributed by atoms with van der Waals surface area (Å²) in [5, 5.41) is 6.52. The highest BCUT2D eigenvalue weighted by molar-refractivity contribution is 5.94. The van der Waals surface area contributed by atoms with Crippen molar-refractivity contribution in [3.8, 4) is 0 Å². The van der Waals surface area contributed by atoms with Crippen molar-refractivity contribution in [1.82, 2.24) is 15.4 Å². The van der Waals surface area contributed by atoms with E-state index < -0.39 is 0 Å². The summed E-state index contributed by atoms with van der Waals surface area (Å²) in [4.78, 5) is 25.2. The molecule has 0 spiro atoms. The summed E-state index contributed by atoms with van der Waals surface area (Å²) >= 11 is 0. The zero-order valence-electron chi connectivity index (χ0n) is 11.7. The number of ether oxygens (including phenoxy) is 1. The van der Waals surface area contributed by atoms with Gasteiger partial charge in [-0.3, -0.25) is 4.79 Å². The lowest BCUT2D eigenvalue weighted by Gasteiger charge is -2.31. The van der Waals surface area contributed by atoms with Gasteiger partial charge in [0, 0.05) is 19.1 Å². The van der Waals surface area contributed by atoms with E-state index >= 15 is 0 Å². The number of carbonyl (C=O) groups is 2. The van der Waals surface area contributed by atoms with Crippen LogP contribution >= 0.6 is 0 Å². The van der Waals surface area contributed by atoms with Gasteiger partial charge < -0.3 is 19.5 Å². The summed E-state index contributed by atoms with van der Waals surface area (Å²) in [7, 11) is 0. The number of likely N-dealkylation sites (tertiary alicyclic amines) is 1. The van der Waals surface area contributed by atoms with Crippen LogP contribution in [0.1, 0.15) is 35.9 Å². The van der Waals surface area contributed by atoms with E-state index in [9.17, 15) is 9.59 Å². The van der Waals surface area contributed by atoms with Gasteiger partial charge >= 0.3 is 6.09 Å². The Morgan fingerprint density at radius 1 is 1.50 bits per heavy atom. The molecule has 1 aliphatic heterocycles. The van der Waals surface area contributed by atoms with Crippen molar-refractivity contribution < 1.29 is 18.8 Å². The van der Waals surface area contributed by atoms with Crippen molar-refractivity contribution in [2.45, 2.75) is 32.7 Å². The van der Waals surface area contributed by atoms with Crippen molar-refractivity contribution in [2.24, 2.45) is 0 Å². The first kappa shape index (κ1) is 14.4. The van der Waals surface area contributed by atoms with E-state index in [-0.39, 0.29) is 18.0 Å². The first-order valence-corrected chi connectivity index (χ1v) is 6.75. The molecule has 0 saturated carbocycles. The minimum Gasteiger partial charge on any atom is -0.450 e. The van der Waals surface area contributed by atoms with Crippen LogP contribution in [0.5, 0.6) is 0 Å². The van der Waals surface area contributed by atoms with Crippen LogP contribution in [0.4, 0.5) is 4.79 Å². The number of nitrogens with zero attached hydrogens (tertiary/aromatic N) is 2. The van der Waals surface area contributed by atoms with Crippen LogP contribution in [0.25, 0.3) is 0 Å². The van der Waals surface area contributed by atoms with E-state index in [0.717, 1.165) is 12.8 Å². The number of aryl methyl sites for hydroxylation is 1. The Bertz CT molecular complexity index is 478. The first-order valence-electron chi connectivity index (χ1n) is 6.75. The molecule has 2 heterocycles. The maximum Gasteiger partial charge on any atom is 0.409 e. The number of nitrogens with one attached hydrogen (secondary N) is 1. The maximum absolute atomic E-state index is 12.0. The maximum atomic E-state index is 12.0. The van der Waals surface area contributed by atoms with Crippen LogP contribution in [0.2, 0.25) is 0 Å². The third-order valence-corrected chi connectivity index (χ3v) is 3.35. The third kappa shape index (κ3) is 3.28. The van der Waals surface area contributed by atoms with Crippen LogP contribution in [-0.4, -0.2) is 47.8 Å². The highest BCUT2D eigenvalue weighted by Crippen LogP contribution is 2.13. The number of carbonyl (C=O) groups excluding carboxylic acids is 2. The third-order valence-electron chi connectivity index (χ3n) is 3.35. The number of hydrogen-bond acceptors (Lipinski definition) is 5. The van der Waals surface area contributed by atoms with Gasteiger partial charge in [0.2, 0.25) is 0 Å². The number of rotatable bonds is 3. The molecule has 0 aliphatic carbocycles. The molecular formula is C13H19N3O4. The molecule has 1 aliphatic rings. The Morgan fingerprint density at radius 2 is 2.20 bits per heavy atom. The zero-order chi connectivity index (χ0) is 14.5. The fraction of sp³-hybridized carbons (Fsp3) is 0.615. The van der Waals surface area contributed by atoms with E-state index in [0.29, 0.717) is 31.0 Å². The molecule has 110 valence electrons. The molecule has 1 aromatic rings. The van der Waals surface area contributed by atoms with Gasteiger partial charge in [0.1, 0.15) is 11.3 Å². The van der Waals surface area contributed by atoms with Gasteiger partial charge in [0.25, 0.3) is 5.91 Å². The van der Waals surface area contributed by atoms with Gasteiger partial charge in [-0.2, -0.15) is 0 Å². The summed E-state index contributed by atoms with van der Waals surface area (Å²) in [6.07, 6.45) is 2.56. The Kier molecular flexibility index (Phi) is 4.60. The van der Waals surface area contributed by atoms with Crippen LogP contribution in [-0.2, 0) is 4.74 Å². The minimum atomic E-state index is -0.285. The molecule has 7 heteroatoms. The standard InChI is InChI=1S/C13H19N3O4/c1-3-19-13(18)16-6-4-10(5-7-16)15-12(17)11-8-14-20-9(11)2/h8,10H,3-7H2,1-2H3,(H,15,17). The molecule has 1 fully saturated rings. The lowest BCUT2D eigenvalue weighted by atomic mass is 10.0. The van der Waals surface area contributed by atoms with Crippen molar-refractivity contribution in [3.05, 3.63) is 17.5 Å². The number of piperidine rings is 1. The topological polar surface area (TPSA) is 84.7 Å². The zero-order valence-corrected chi connectivity index (χ0v) is 11.7. The number of amides is 2. The van der Waals surface area contributed by atoms with Gasteiger partial charge in [-0.15, -0.1) is 0 Å². The number of hydrogen-bond donors (Lipinski definition) is 1. The van der Waals surface area contributed by atoms with Gasteiger partial charge in [-0.25, -0.2) is 4.79 Å². The molecule has 0 aromatic carbocycles. The van der Waals surface area contributed by atoms with E-state index in [1.54, 1.807) is 18.7 Å². The molecule has 7 nitrogen and oxygen atoms in total. The molecule has 2 rings (SSSR count). The smallest absolute Gasteiger partial charge is 0.409 e. The largest absolute Gasteiger partial charge is 0.450 e. The lowest BCUT2D eigenvalue weighted by molar-refractivity contribution is 0.0859. The molecule has 2 amide bonds. The minimum absolute atomic E-state index is 0.0578. The molecule has 1 aromatic heterocycles. The van der Waals surface area contributed by atoms with E-state index in [4.69, 9.17) is 9.26 Å².